The Labute approximate surface area is 143 Å². The number of aromatic nitrogens is 2. The Kier molecular flexibility index (Phi) is 4.35. The molecule has 7 nitrogen and oxygen atoms in total. The van der Waals surface area contributed by atoms with Gasteiger partial charge >= 0.3 is 5.97 Å². The molecule has 0 aliphatic carbocycles. The SMILES string of the molecule is COC(=O)C1C(C)=Nc2c(N)ncnc2NC1c1ccc(Cl)cc1. The highest BCUT2D eigenvalue weighted by Crippen LogP contribution is 2.38. The van der Waals surface area contributed by atoms with E-state index in [2.05, 4.69) is 20.3 Å². The van der Waals surface area contributed by atoms with E-state index in [9.17, 15) is 4.79 Å². The molecule has 0 radical (unpaired) electrons. The number of anilines is 2. The van der Waals surface area contributed by atoms with Crippen LogP contribution >= 0.6 is 11.6 Å². The van der Waals surface area contributed by atoms with Crippen LogP contribution in [-0.2, 0) is 9.53 Å². The number of rotatable bonds is 2. The van der Waals surface area contributed by atoms with Gasteiger partial charge in [0, 0.05) is 10.7 Å². The van der Waals surface area contributed by atoms with E-state index < -0.39 is 17.9 Å². The summed E-state index contributed by atoms with van der Waals surface area (Å²) in [6.07, 6.45) is 1.35. The first-order chi connectivity index (χ1) is 11.5. The van der Waals surface area contributed by atoms with E-state index in [1.807, 2.05) is 12.1 Å². The van der Waals surface area contributed by atoms with Gasteiger partial charge in [0.05, 0.1) is 13.2 Å². The number of nitrogens with two attached hydrogens (primary N) is 1. The van der Waals surface area contributed by atoms with Crippen LogP contribution in [0, 0.1) is 5.92 Å². The monoisotopic (exact) mass is 345 g/mol. The number of fused-ring (bicyclic) bond motifs is 1. The van der Waals surface area contributed by atoms with Gasteiger partial charge in [0.1, 0.15) is 17.9 Å². The first kappa shape index (κ1) is 16.2. The number of methoxy groups -OCH3 is 1. The molecule has 1 aromatic carbocycles. The molecule has 2 unspecified atom stereocenters. The van der Waals surface area contributed by atoms with Gasteiger partial charge in [-0.25, -0.2) is 15.0 Å². The fourth-order valence-electron chi connectivity index (χ4n) is 2.71. The van der Waals surface area contributed by atoms with E-state index in [0.29, 0.717) is 22.2 Å². The van der Waals surface area contributed by atoms with Gasteiger partial charge in [0.25, 0.3) is 0 Å². The Hall–Kier alpha value is -2.67. The molecule has 3 N–H and O–H groups in total. The third-order valence-corrected chi connectivity index (χ3v) is 4.15. The van der Waals surface area contributed by atoms with Crippen LogP contribution in [0.5, 0.6) is 0 Å². The second kappa shape index (κ2) is 6.45. The van der Waals surface area contributed by atoms with E-state index in [1.165, 1.54) is 13.4 Å². The zero-order valence-corrected chi connectivity index (χ0v) is 13.9. The third kappa shape index (κ3) is 2.90. The molecule has 2 atom stereocenters. The summed E-state index contributed by atoms with van der Waals surface area (Å²) in [5.74, 6) is -0.326. The standard InChI is InChI=1S/C16H16ClN5O2/c1-8-11(16(23)24-2)12(9-3-5-10(17)6-4-9)22-15-13(21-8)14(18)19-7-20-15/h3-7,11-12H,1-2H3,(H3,18,19,20,22). The fraction of sp³-hybridized carbons (Fsp3) is 0.250. The van der Waals surface area contributed by atoms with Crippen molar-refractivity contribution in [3.8, 4) is 0 Å². The maximum atomic E-state index is 12.4. The van der Waals surface area contributed by atoms with E-state index in [-0.39, 0.29) is 5.82 Å². The first-order valence-corrected chi connectivity index (χ1v) is 7.64. The maximum Gasteiger partial charge on any atom is 0.316 e. The van der Waals surface area contributed by atoms with Crippen LogP contribution in [0.25, 0.3) is 0 Å². The molecule has 0 spiro atoms. The molecule has 0 bridgehead atoms. The molecule has 1 aliphatic rings. The summed E-state index contributed by atoms with van der Waals surface area (Å²) in [5.41, 5.74) is 7.74. The predicted molar refractivity (Wildman–Crippen MR) is 92.5 cm³/mol. The number of nitrogens with zero attached hydrogens (tertiary/aromatic N) is 3. The number of nitrogen functional groups attached to an aromatic ring is 1. The number of ether oxygens (including phenoxy) is 1. The summed E-state index contributed by atoms with van der Waals surface area (Å²) >= 11 is 5.97. The normalized spacial score (nSPS) is 19.5. The number of carbonyl (C=O) groups excluding carboxylic acids is 1. The number of hydrogen-bond acceptors (Lipinski definition) is 7. The van der Waals surface area contributed by atoms with Crippen molar-refractivity contribution >= 4 is 40.6 Å². The molecule has 3 rings (SSSR count). The summed E-state index contributed by atoms with van der Waals surface area (Å²) in [7, 11) is 1.35. The van der Waals surface area contributed by atoms with Crippen molar-refractivity contribution in [2.75, 3.05) is 18.2 Å². The Morgan fingerprint density at radius 3 is 2.67 bits per heavy atom. The van der Waals surface area contributed by atoms with Gasteiger partial charge in [0.15, 0.2) is 11.6 Å². The van der Waals surface area contributed by atoms with Crippen molar-refractivity contribution in [2.45, 2.75) is 13.0 Å². The largest absolute Gasteiger partial charge is 0.468 e. The number of esters is 1. The quantitative estimate of drug-likeness (QED) is 0.811. The third-order valence-electron chi connectivity index (χ3n) is 3.90. The Balaban J connectivity index is 2.15. The van der Waals surface area contributed by atoms with Gasteiger partial charge < -0.3 is 15.8 Å². The Morgan fingerprint density at radius 2 is 2.00 bits per heavy atom. The number of halogens is 1. The van der Waals surface area contributed by atoms with Crippen LogP contribution in [0.2, 0.25) is 5.02 Å². The lowest BCUT2D eigenvalue weighted by molar-refractivity contribution is -0.143. The summed E-state index contributed by atoms with van der Waals surface area (Å²) < 4.78 is 4.97. The van der Waals surface area contributed by atoms with E-state index in [0.717, 1.165) is 5.56 Å². The lowest BCUT2D eigenvalue weighted by atomic mass is 9.89. The van der Waals surface area contributed by atoms with Crippen molar-refractivity contribution in [2.24, 2.45) is 10.9 Å². The van der Waals surface area contributed by atoms with E-state index >= 15 is 0 Å². The van der Waals surface area contributed by atoms with Crippen molar-refractivity contribution < 1.29 is 9.53 Å². The second-order valence-corrected chi connectivity index (χ2v) is 5.82. The Bertz CT molecular complexity index is 807. The number of hydrogen-bond donors (Lipinski definition) is 2. The van der Waals surface area contributed by atoms with Crippen LogP contribution < -0.4 is 11.1 Å². The summed E-state index contributed by atoms with van der Waals surface area (Å²) in [5, 5.41) is 3.85. The molecule has 2 aromatic rings. The number of carbonyl (C=O) groups is 1. The van der Waals surface area contributed by atoms with E-state index in [4.69, 9.17) is 22.1 Å². The van der Waals surface area contributed by atoms with Crippen LogP contribution in [-0.4, -0.2) is 28.8 Å². The van der Waals surface area contributed by atoms with Gasteiger partial charge in [-0.3, -0.25) is 4.79 Å². The average Bonchev–Trinajstić information content (AvgIpc) is 2.72. The second-order valence-electron chi connectivity index (χ2n) is 5.38. The van der Waals surface area contributed by atoms with Crippen molar-refractivity contribution in [1.29, 1.82) is 0 Å². The molecular weight excluding hydrogens is 330 g/mol. The topological polar surface area (TPSA) is 102 Å². The van der Waals surface area contributed by atoms with Gasteiger partial charge in [-0.15, -0.1) is 0 Å². The van der Waals surface area contributed by atoms with E-state index in [1.54, 1.807) is 19.1 Å². The van der Waals surface area contributed by atoms with Crippen molar-refractivity contribution in [1.82, 2.24) is 9.97 Å². The molecule has 0 saturated heterocycles. The molecule has 8 heteroatoms. The minimum Gasteiger partial charge on any atom is -0.468 e. The van der Waals surface area contributed by atoms with Gasteiger partial charge in [0.2, 0.25) is 0 Å². The molecule has 0 saturated carbocycles. The summed E-state index contributed by atoms with van der Waals surface area (Å²) in [6, 6.07) is 6.80. The number of benzene rings is 1. The van der Waals surface area contributed by atoms with Gasteiger partial charge in [-0.05, 0) is 24.6 Å². The minimum absolute atomic E-state index is 0.243. The lowest BCUT2D eigenvalue weighted by Crippen LogP contribution is -2.33. The summed E-state index contributed by atoms with van der Waals surface area (Å²) in [6.45, 7) is 1.76. The van der Waals surface area contributed by atoms with Crippen LogP contribution in [0.1, 0.15) is 18.5 Å². The predicted octanol–water partition coefficient (Wildman–Crippen LogP) is 2.76. The number of nitrogens with one attached hydrogen (secondary N) is 1. The lowest BCUT2D eigenvalue weighted by Gasteiger charge is -2.25. The molecule has 0 fully saturated rings. The smallest absolute Gasteiger partial charge is 0.316 e. The summed E-state index contributed by atoms with van der Waals surface area (Å²) in [4.78, 5) is 25.0. The molecule has 1 aliphatic heterocycles. The zero-order valence-electron chi connectivity index (χ0n) is 13.2. The van der Waals surface area contributed by atoms with Crippen LogP contribution in [0.4, 0.5) is 17.3 Å². The highest BCUT2D eigenvalue weighted by atomic mass is 35.5. The molecule has 1 aromatic heterocycles. The zero-order chi connectivity index (χ0) is 17.3. The molecule has 24 heavy (non-hydrogen) atoms. The fourth-order valence-corrected chi connectivity index (χ4v) is 2.83. The van der Waals surface area contributed by atoms with Crippen LogP contribution in [0.15, 0.2) is 35.6 Å². The minimum atomic E-state index is -0.634. The highest BCUT2D eigenvalue weighted by Gasteiger charge is 2.36. The van der Waals surface area contributed by atoms with Crippen LogP contribution in [0.3, 0.4) is 0 Å². The average molecular weight is 346 g/mol. The van der Waals surface area contributed by atoms with Gasteiger partial charge in [-0.1, -0.05) is 23.7 Å². The molecule has 124 valence electrons. The first-order valence-electron chi connectivity index (χ1n) is 7.26. The van der Waals surface area contributed by atoms with Gasteiger partial charge in [-0.2, -0.15) is 0 Å². The molecule has 0 amide bonds. The van der Waals surface area contributed by atoms with Crippen molar-refractivity contribution in [3.63, 3.8) is 0 Å². The highest BCUT2D eigenvalue weighted by molar-refractivity contribution is 6.30. The maximum absolute atomic E-state index is 12.4. The Morgan fingerprint density at radius 1 is 1.29 bits per heavy atom. The number of aliphatic imine (C=N–C) groups is 1. The molecular formula is C16H16ClN5O2. The molecule has 2 heterocycles. The van der Waals surface area contributed by atoms with Crippen molar-refractivity contribution in [3.05, 3.63) is 41.2 Å².